The molecule has 1 aromatic carbocycles. The highest BCUT2D eigenvalue weighted by atomic mass is 16.5. The number of carbonyl (C=O) groups is 1. The van der Waals surface area contributed by atoms with E-state index >= 15 is 0 Å². The van der Waals surface area contributed by atoms with Gasteiger partial charge in [-0.05, 0) is 18.4 Å². The Bertz CT molecular complexity index is 360. The summed E-state index contributed by atoms with van der Waals surface area (Å²) in [5, 5.41) is 0. The maximum absolute atomic E-state index is 11.5. The van der Waals surface area contributed by atoms with E-state index in [2.05, 4.69) is 6.58 Å². The Morgan fingerprint density at radius 1 is 1.29 bits per heavy atom. The molecule has 1 aliphatic rings. The van der Waals surface area contributed by atoms with Gasteiger partial charge in [-0.2, -0.15) is 0 Å². The van der Waals surface area contributed by atoms with E-state index in [9.17, 15) is 4.79 Å². The highest BCUT2D eigenvalue weighted by Gasteiger charge is 2.29. The van der Waals surface area contributed by atoms with Crippen molar-refractivity contribution in [1.29, 1.82) is 0 Å². The molecule has 1 fully saturated rings. The van der Waals surface area contributed by atoms with Gasteiger partial charge in [0, 0.05) is 0 Å². The molecule has 2 nitrogen and oxygen atoms in total. The Kier molecular flexibility index (Phi) is 5.47. The number of benzene rings is 1. The third kappa shape index (κ3) is 4.06. The summed E-state index contributed by atoms with van der Waals surface area (Å²) < 4.78 is 5.20. The number of rotatable bonds is 3. The van der Waals surface area contributed by atoms with Gasteiger partial charge in [0.2, 0.25) is 0 Å². The lowest BCUT2D eigenvalue weighted by molar-refractivity contribution is -0.151. The van der Waals surface area contributed by atoms with E-state index in [1.165, 1.54) is 0 Å². The van der Waals surface area contributed by atoms with Crippen molar-refractivity contribution in [3.8, 4) is 0 Å². The van der Waals surface area contributed by atoms with Gasteiger partial charge in [-0.3, -0.25) is 4.79 Å². The number of ether oxygens (including phenoxy) is 1. The molecule has 0 aliphatic heterocycles. The van der Waals surface area contributed by atoms with Gasteiger partial charge in [0.05, 0.1) is 5.92 Å². The second-order valence-electron chi connectivity index (χ2n) is 3.95. The van der Waals surface area contributed by atoms with E-state index in [-0.39, 0.29) is 11.9 Å². The number of hydrogen-bond donors (Lipinski definition) is 0. The molecule has 0 heterocycles. The number of carbonyl (C=O) groups excluding carboxylic acids is 1. The van der Waals surface area contributed by atoms with Crippen LogP contribution in [0.2, 0.25) is 0 Å². The standard InChI is InChI=1S/C13H14O2.C2H6/c1-10-7-12(8-10)13(14)15-9-11-5-3-2-4-6-11;1-2/h2-6,12H,1,7-9H2;1-2H3. The van der Waals surface area contributed by atoms with E-state index in [0.29, 0.717) is 6.61 Å². The fourth-order valence-electron chi connectivity index (χ4n) is 1.65. The monoisotopic (exact) mass is 232 g/mol. The molecule has 1 aromatic rings. The molecule has 0 saturated heterocycles. The maximum atomic E-state index is 11.5. The molecular formula is C15H20O2. The van der Waals surface area contributed by atoms with Crippen molar-refractivity contribution in [3.63, 3.8) is 0 Å². The van der Waals surface area contributed by atoms with E-state index < -0.39 is 0 Å². The molecule has 0 N–H and O–H groups in total. The molecule has 0 unspecified atom stereocenters. The lowest BCUT2D eigenvalue weighted by Gasteiger charge is -2.26. The van der Waals surface area contributed by atoms with Crippen LogP contribution in [0.25, 0.3) is 0 Å². The van der Waals surface area contributed by atoms with Gasteiger partial charge in [0.25, 0.3) is 0 Å². The number of esters is 1. The molecule has 1 saturated carbocycles. The minimum Gasteiger partial charge on any atom is -0.461 e. The second-order valence-corrected chi connectivity index (χ2v) is 3.95. The van der Waals surface area contributed by atoms with Gasteiger partial charge in [-0.15, -0.1) is 0 Å². The van der Waals surface area contributed by atoms with Gasteiger partial charge in [0.1, 0.15) is 6.61 Å². The summed E-state index contributed by atoms with van der Waals surface area (Å²) >= 11 is 0. The molecule has 0 amide bonds. The van der Waals surface area contributed by atoms with Crippen molar-refractivity contribution in [3.05, 3.63) is 48.0 Å². The molecule has 0 spiro atoms. The minimum atomic E-state index is -0.0914. The predicted octanol–water partition coefficient (Wildman–Crippen LogP) is 3.72. The fourth-order valence-corrected chi connectivity index (χ4v) is 1.65. The third-order valence-electron chi connectivity index (χ3n) is 2.63. The molecule has 2 heteroatoms. The lowest BCUT2D eigenvalue weighted by Crippen LogP contribution is -2.25. The van der Waals surface area contributed by atoms with Crippen molar-refractivity contribution in [2.24, 2.45) is 5.92 Å². The number of allylic oxidation sites excluding steroid dienone is 1. The van der Waals surface area contributed by atoms with Crippen LogP contribution >= 0.6 is 0 Å². The molecule has 0 bridgehead atoms. The Labute approximate surface area is 103 Å². The lowest BCUT2D eigenvalue weighted by atomic mass is 9.81. The van der Waals surface area contributed by atoms with Crippen molar-refractivity contribution in [2.45, 2.75) is 33.3 Å². The summed E-state index contributed by atoms with van der Waals surface area (Å²) in [6.45, 7) is 8.18. The summed E-state index contributed by atoms with van der Waals surface area (Å²) in [5.41, 5.74) is 2.18. The van der Waals surface area contributed by atoms with Crippen LogP contribution in [0.5, 0.6) is 0 Å². The predicted molar refractivity (Wildman–Crippen MR) is 69.5 cm³/mol. The topological polar surface area (TPSA) is 26.3 Å². The van der Waals surface area contributed by atoms with Gasteiger partial charge in [-0.1, -0.05) is 56.3 Å². The van der Waals surface area contributed by atoms with Crippen molar-refractivity contribution < 1.29 is 9.53 Å². The van der Waals surface area contributed by atoms with Crippen LogP contribution in [0.15, 0.2) is 42.5 Å². The second kappa shape index (κ2) is 6.89. The van der Waals surface area contributed by atoms with Crippen molar-refractivity contribution >= 4 is 5.97 Å². The Hall–Kier alpha value is -1.57. The van der Waals surface area contributed by atoms with Crippen LogP contribution < -0.4 is 0 Å². The molecule has 0 aromatic heterocycles. The van der Waals surface area contributed by atoms with E-state index in [1.807, 2.05) is 44.2 Å². The van der Waals surface area contributed by atoms with Crippen molar-refractivity contribution in [2.75, 3.05) is 0 Å². The zero-order valence-electron chi connectivity index (χ0n) is 10.6. The van der Waals surface area contributed by atoms with Gasteiger partial charge in [0.15, 0.2) is 0 Å². The summed E-state index contributed by atoms with van der Waals surface area (Å²) in [7, 11) is 0. The summed E-state index contributed by atoms with van der Waals surface area (Å²) in [5.74, 6) is -0.0348. The summed E-state index contributed by atoms with van der Waals surface area (Å²) in [6.07, 6.45) is 1.60. The minimum absolute atomic E-state index is 0.0567. The van der Waals surface area contributed by atoms with E-state index in [1.54, 1.807) is 0 Å². The van der Waals surface area contributed by atoms with Crippen molar-refractivity contribution in [1.82, 2.24) is 0 Å². The zero-order chi connectivity index (χ0) is 12.7. The van der Waals surface area contributed by atoms with E-state index in [0.717, 1.165) is 24.0 Å². The average molecular weight is 232 g/mol. The first-order chi connectivity index (χ1) is 8.25. The molecule has 92 valence electrons. The molecule has 2 rings (SSSR count). The summed E-state index contributed by atoms with van der Waals surface area (Å²) in [4.78, 5) is 11.5. The molecule has 17 heavy (non-hydrogen) atoms. The highest BCUT2D eigenvalue weighted by molar-refractivity contribution is 5.74. The fraction of sp³-hybridized carbons (Fsp3) is 0.400. The van der Waals surface area contributed by atoms with Crippen LogP contribution in [0.3, 0.4) is 0 Å². The third-order valence-corrected chi connectivity index (χ3v) is 2.63. The smallest absolute Gasteiger partial charge is 0.309 e. The highest BCUT2D eigenvalue weighted by Crippen LogP contribution is 2.32. The molecule has 0 atom stereocenters. The SMILES string of the molecule is C=C1CC(C(=O)OCc2ccccc2)C1.CC. The summed E-state index contributed by atoms with van der Waals surface area (Å²) in [6, 6.07) is 9.73. The quantitative estimate of drug-likeness (QED) is 0.586. The van der Waals surface area contributed by atoms with Crippen LogP contribution in [-0.2, 0) is 16.1 Å². The average Bonchev–Trinajstić information content (AvgIpc) is 2.36. The first kappa shape index (κ1) is 13.5. The Morgan fingerprint density at radius 3 is 2.41 bits per heavy atom. The van der Waals surface area contributed by atoms with Gasteiger partial charge < -0.3 is 4.74 Å². The van der Waals surface area contributed by atoms with Crippen LogP contribution in [0.4, 0.5) is 0 Å². The molecular weight excluding hydrogens is 212 g/mol. The first-order valence-corrected chi connectivity index (χ1v) is 6.13. The van der Waals surface area contributed by atoms with Crippen LogP contribution in [-0.4, -0.2) is 5.97 Å². The van der Waals surface area contributed by atoms with Crippen LogP contribution in [0.1, 0.15) is 32.3 Å². The zero-order valence-corrected chi connectivity index (χ0v) is 10.6. The molecule has 0 radical (unpaired) electrons. The molecule has 1 aliphatic carbocycles. The number of hydrogen-bond acceptors (Lipinski definition) is 2. The Morgan fingerprint density at radius 2 is 1.88 bits per heavy atom. The first-order valence-electron chi connectivity index (χ1n) is 6.13. The normalized spacial score (nSPS) is 14.4. The maximum Gasteiger partial charge on any atom is 0.309 e. The van der Waals surface area contributed by atoms with Gasteiger partial charge >= 0.3 is 5.97 Å². The largest absolute Gasteiger partial charge is 0.461 e. The van der Waals surface area contributed by atoms with Crippen LogP contribution in [0, 0.1) is 5.92 Å². The van der Waals surface area contributed by atoms with E-state index in [4.69, 9.17) is 4.74 Å². The van der Waals surface area contributed by atoms with Gasteiger partial charge in [-0.25, -0.2) is 0 Å². The Balaban J connectivity index is 0.000000686.